The van der Waals surface area contributed by atoms with Crippen molar-refractivity contribution in [1.29, 1.82) is 0 Å². The molecule has 1 aliphatic rings. The lowest BCUT2D eigenvalue weighted by molar-refractivity contribution is -0.140. The highest BCUT2D eigenvalue weighted by Gasteiger charge is 2.24. The summed E-state index contributed by atoms with van der Waals surface area (Å²) in [6.45, 7) is 6.36. The number of benzene rings is 1. The van der Waals surface area contributed by atoms with Crippen molar-refractivity contribution in [1.82, 2.24) is 15.4 Å². The molecule has 2 aromatic rings. The normalized spacial score (nSPS) is 14.7. The fourth-order valence-corrected chi connectivity index (χ4v) is 3.43. The molecule has 0 radical (unpaired) electrons. The van der Waals surface area contributed by atoms with Gasteiger partial charge in [-0.25, -0.2) is 14.0 Å². The van der Waals surface area contributed by atoms with E-state index in [1.165, 1.54) is 19.1 Å². The summed E-state index contributed by atoms with van der Waals surface area (Å²) < 4.78 is 23.4. The maximum Gasteiger partial charge on any atom is 0.328 e. The molecule has 0 bridgehead atoms. The Morgan fingerprint density at radius 3 is 2.48 bits per heavy atom. The molecule has 1 aromatic carbocycles. The van der Waals surface area contributed by atoms with Gasteiger partial charge in [-0.2, -0.15) is 0 Å². The van der Waals surface area contributed by atoms with Gasteiger partial charge in [0.15, 0.2) is 5.58 Å². The van der Waals surface area contributed by atoms with E-state index in [0.717, 1.165) is 50.1 Å². The Kier molecular flexibility index (Phi) is 10.4. The zero-order valence-corrected chi connectivity index (χ0v) is 18.3. The maximum atomic E-state index is 13.2. The number of carboxylic acid groups (broad SMARTS) is 2. The minimum atomic E-state index is -1.26. The van der Waals surface area contributed by atoms with Gasteiger partial charge in [0.2, 0.25) is 0 Å². The number of hydrogen-bond acceptors (Lipinski definition) is 8. The number of aliphatic carboxylic acids is 2. The number of likely N-dealkylation sites (tertiary alicyclic amines) is 1. The second-order valence-electron chi connectivity index (χ2n) is 7.42. The zero-order valence-electron chi connectivity index (χ0n) is 18.3. The van der Waals surface area contributed by atoms with Crippen molar-refractivity contribution in [2.75, 3.05) is 39.3 Å². The summed E-state index contributed by atoms with van der Waals surface area (Å²) in [6.07, 6.45) is 3.16. The number of hydrogen-bond donors (Lipinski definition) is 3. The first-order chi connectivity index (χ1) is 15.8. The molecule has 0 spiro atoms. The van der Waals surface area contributed by atoms with Gasteiger partial charge in [0.25, 0.3) is 0 Å². The molecule has 180 valence electrons. The number of nitrogens with zero attached hydrogens (tertiary/aromatic N) is 2. The third-order valence-electron chi connectivity index (χ3n) is 4.99. The van der Waals surface area contributed by atoms with E-state index in [-0.39, 0.29) is 11.8 Å². The summed E-state index contributed by atoms with van der Waals surface area (Å²) in [5.74, 6) is -2.70. The molecule has 3 rings (SSSR count). The second kappa shape index (κ2) is 13.3. The predicted molar refractivity (Wildman–Crippen MR) is 116 cm³/mol. The summed E-state index contributed by atoms with van der Waals surface area (Å²) in [5, 5.41) is 24.0. The van der Waals surface area contributed by atoms with Crippen LogP contribution in [0.1, 0.15) is 31.4 Å². The van der Waals surface area contributed by atoms with Crippen LogP contribution in [0, 0.1) is 5.82 Å². The average Bonchev–Trinajstić information content (AvgIpc) is 3.18. The van der Waals surface area contributed by atoms with Crippen molar-refractivity contribution < 1.29 is 38.2 Å². The number of esters is 1. The number of fused-ring (bicyclic) bond motifs is 1. The summed E-state index contributed by atoms with van der Waals surface area (Å²) in [5.41, 5.74) is 1.48. The molecule has 0 atom stereocenters. The van der Waals surface area contributed by atoms with E-state index in [1.54, 1.807) is 6.07 Å². The molecule has 2 heterocycles. The zero-order chi connectivity index (χ0) is 24.2. The van der Waals surface area contributed by atoms with Gasteiger partial charge < -0.3 is 29.7 Å². The van der Waals surface area contributed by atoms with Crippen LogP contribution in [0.15, 0.2) is 34.9 Å². The molecule has 0 aliphatic carbocycles. The van der Waals surface area contributed by atoms with Gasteiger partial charge in [-0.3, -0.25) is 4.79 Å². The Hall–Kier alpha value is -3.31. The molecule has 11 heteroatoms. The molecule has 0 unspecified atom stereocenters. The van der Waals surface area contributed by atoms with Crippen LogP contribution in [-0.4, -0.2) is 77.5 Å². The van der Waals surface area contributed by atoms with Crippen molar-refractivity contribution in [3.63, 3.8) is 0 Å². The van der Waals surface area contributed by atoms with Gasteiger partial charge in [0.05, 0.1) is 5.69 Å². The number of halogens is 1. The van der Waals surface area contributed by atoms with E-state index in [4.69, 9.17) is 19.5 Å². The number of piperidine rings is 1. The highest BCUT2D eigenvalue weighted by Crippen LogP contribution is 2.32. The molecule has 0 saturated carbocycles. The van der Waals surface area contributed by atoms with Gasteiger partial charge in [-0.15, -0.1) is 0 Å². The van der Waals surface area contributed by atoms with Gasteiger partial charge >= 0.3 is 17.9 Å². The molecule has 1 saturated heterocycles. The van der Waals surface area contributed by atoms with E-state index in [1.807, 2.05) is 0 Å². The van der Waals surface area contributed by atoms with Crippen molar-refractivity contribution >= 4 is 28.9 Å². The van der Waals surface area contributed by atoms with Crippen LogP contribution >= 0.6 is 0 Å². The summed E-state index contributed by atoms with van der Waals surface area (Å²) in [4.78, 5) is 32.2. The lowest BCUT2D eigenvalue weighted by Gasteiger charge is -2.31. The number of ether oxygens (including phenoxy) is 1. The van der Waals surface area contributed by atoms with E-state index in [9.17, 15) is 18.8 Å². The first-order valence-corrected chi connectivity index (χ1v) is 10.5. The van der Waals surface area contributed by atoms with Crippen molar-refractivity contribution in [2.45, 2.75) is 25.7 Å². The summed E-state index contributed by atoms with van der Waals surface area (Å²) >= 11 is 0. The highest BCUT2D eigenvalue weighted by molar-refractivity contribution is 5.89. The highest BCUT2D eigenvalue weighted by atomic mass is 19.1. The van der Waals surface area contributed by atoms with Crippen LogP contribution in [0.5, 0.6) is 0 Å². The molecule has 0 amide bonds. The van der Waals surface area contributed by atoms with Crippen molar-refractivity contribution in [2.24, 2.45) is 0 Å². The second-order valence-corrected chi connectivity index (χ2v) is 7.42. The van der Waals surface area contributed by atoms with Crippen LogP contribution in [-0.2, 0) is 19.1 Å². The fraction of sp³-hybridized carbons (Fsp3) is 0.455. The first kappa shape index (κ1) is 25.9. The van der Waals surface area contributed by atoms with Crippen LogP contribution in [0.4, 0.5) is 4.39 Å². The van der Waals surface area contributed by atoms with Crippen LogP contribution in [0.3, 0.4) is 0 Å². The minimum Gasteiger partial charge on any atom is -0.478 e. The fourth-order valence-electron chi connectivity index (χ4n) is 3.43. The SMILES string of the molecule is CC(=O)OCCNCCN1CCC(c2noc3cc(F)ccc23)CC1.O=C(O)C=CC(=O)O. The van der Waals surface area contributed by atoms with E-state index >= 15 is 0 Å². The molecule has 1 aliphatic heterocycles. The Bertz CT molecular complexity index is 952. The predicted octanol–water partition coefficient (Wildman–Crippen LogP) is 2.01. The summed E-state index contributed by atoms with van der Waals surface area (Å²) in [7, 11) is 0. The molecular formula is C22H28FN3O7. The number of aromatic nitrogens is 1. The van der Waals surface area contributed by atoms with Gasteiger partial charge in [0.1, 0.15) is 12.4 Å². The average molecular weight is 465 g/mol. The van der Waals surface area contributed by atoms with Gasteiger partial charge in [-0.05, 0) is 38.1 Å². The number of rotatable bonds is 9. The molecule has 33 heavy (non-hydrogen) atoms. The Morgan fingerprint density at radius 1 is 1.21 bits per heavy atom. The molecule has 10 nitrogen and oxygen atoms in total. The molecule has 1 fully saturated rings. The smallest absolute Gasteiger partial charge is 0.328 e. The van der Waals surface area contributed by atoms with Gasteiger partial charge in [0, 0.05) is 56.1 Å². The largest absolute Gasteiger partial charge is 0.478 e. The third kappa shape index (κ3) is 9.38. The number of carboxylic acids is 2. The first-order valence-electron chi connectivity index (χ1n) is 10.5. The summed E-state index contributed by atoms with van der Waals surface area (Å²) in [6, 6.07) is 4.61. The van der Waals surface area contributed by atoms with Crippen LogP contribution < -0.4 is 5.32 Å². The number of carbonyl (C=O) groups is 3. The third-order valence-corrected chi connectivity index (χ3v) is 4.99. The lowest BCUT2D eigenvalue weighted by atomic mass is 9.91. The topological polar surface area (TPSA) is 142 Å². The number of carbonyl (C=O) groups excluding carboxylic acids is 1. The Morgan fingerprint density at radius 2 is 1.88 bits per heavy atom. The van der Waals surface area contributed by atoms with Crippen LogP contribution in [0.25, 0.3) is 11.0 Å². The van der Waals surface area contributed by atoms with E-state index in [2.05, 4.69) is 15.4 Å². The van der Waals surface area contributed by atoms with Gasteiger partial charge in [-0.1, -0.05) is 5.16 Å². The molecular weight excluding hydrogens is 437 g/mol. The monoisotopic (exact) mass is 465 g/mol. The lowest BCUT2D eigenvalue weighted by Crippen LogP contribution is -2.38. The maximum absolute atomic E-state index is 13.2. The van der Waals surface area contributed by atoms with E-state index < -0.39 is 11.9 Å². The van der Waals surface area contributed by atoms with Crippen molar-refractivity contribution in [3.05, 3.63) is 41.9 Å². The quantitative estimate of drug-likeness (QED) is 0.286. The molecule has 1 aromatic heterocycles. The van der Waals surface area contributed by atoms with Crippen molar-refractivity contribution in [3.8, 4) is 0 Å². The minimum absolute atomic E-state index is 0.244. The van der Waals surface area contributed by atoms with Crippen LogP contribution in [0.2, 0.25) is 0 Å². The van der Waals surface area contributed by atoms with E-state index in [0.29, 0.717) is 36.8 Å². The standard InChI is InChI=1S/C18H24FN3O3.C4H4O4/c1-13(23)24-11-7-20-6-10-22-8-4-14(5-9-22)18-16-3-2-15(19)12-17(16)25-21-18;5-3(6)1-2-4(7)8/h2-3,12,14,20H,4-11H2,1H3;1-2H,(H,5,6)(H,7,8). The molecule has 3 N–H and O–H groups in total. The Labute approximate surface area is 190 Å². The number of nitrogens with one attached hydrogen (secondary N) is 1. The Balaban J connectivity index is 0.000000414.